The Labute approximate surface area is 133 Å². The van der Waals surface area contributed by atoms with E-state index < -0.39 is 10.0 Å². The van der Waals surface area contributed by atoms with Crippen LogP contribution < -0.4 is 10.0 Å². The van der Waals surface area contributed by atoms with Crippen LogP contribution in [0.1, 0.15) is 31.9 Å². The molecule has 0 aromatic carbocycles. The minimum atomic E-state index is -3.59. The minimum Gasteiger partial charge on any atom is -0.452 e. The minimum absolute atomic E-state index is 0.0413. The van der Waals surface area contributed by atoms with Crippen LogP contribution in [0.5, 0.6) is 0 Å². The molecular weight excluding hydrogens is 360 g/mol. The van der Waals surface area contributed by atoms with Crippen molar-refractivity contribution in [1.29, 1.82) is 0 Å². The molecule has 1 aliphatic heterocycles. The van der Waals surface area contributed by atoms with Gasteiger partial charge in [0.05, 0.1) is 12.6 Å². The maximum Gasteiger partial charge on any atom is 0.245 e. The van der Waals surface area contributed by atoms with Crippen LogP contribution in [-0.4, -0.2) is 34.2 Å². The number of sulfonamides is 1. The Kier molecular flexibility index (Phi) is 6.24. The molecule has 0 saturated carbocycles. The van der Waals surface area contributed by atoms with E-state index in [1.807, 2.05) is 6.92 Å². The van der Waals surface area contributed by atoms with E-state index in [4.69, 9.17) is 9.15 Å². The second kappa shape index (κ2) is 7.73. The molecule has 1 fully saturated rings. The molecule has 0 bridgehead atoms. The quantitative estimate of drug-likeness (QED) is 0.755. The molecule has 1 aromatic rings. The van der Waals surface area contributed by atoms with E-state index in [0.29, 0.717) is 25.5 Å². The third-order valence-corrected chi connectivity index (χ3v) is 5.60. The lowest BCUT2D eigenvalue weighted by Crippen LogP contribution is -2.35. The lowest BCUT2D eigenvalue weighted by Gasteiger charge is -2.22. The van der Waals surface area contributed by atoms with Gasteiger partial charge in [0.1, 0.15) is 10.7 Å². The van der Waals surface area contributed by atoms with Gasteiger partial charge in [0.2, 0.25) is 10.0 Å². The first-order chi connectivity index (χ1) is 10.0. The van der Waals surface area contributed by atoms with Gasteiger partial charge in [-0.2, -0.15) is 0 Å². The van der Waals surface area contributed by atoms with Crippen LogP contribution in [0.25, 0.3) is 0 Å². The van der Waals surface area contributed by atoms with Crippen molar-refractivity contribution in [1.82, 2.24) is 10.0 Å². The molecule has 6 nitrogen and oxygen atoms in total. The third kappa shape index (κ3) is 4.79. The summed E-state index contributed by atoms with van der Waals surface area (Å²) in [5.41, 5.74) is 0. The van der Waals surface area contributed by atoms with Crippen molar-refractivity contribution in [3.8, 4) is 0 Å². The van der Waals surface area contributed by atoms with Crippen LogP contribution in [0.2, 0.25) is 0 Å². The smallest absolute Gasteiger partial charge is 0.245 e. The zero-order valence-corrected chi connectivity index (χ0v) is 14.4. The van der Waals surface area contributed by atoms with Crippen LogP contribution in [0.4, 0.5) is 0 Å². The van der Waals surface area contributed by atoms with E-state index in [0.717, 1.165) is 25.8 Å². The standard InChI is InChI=1S/C13H21BrN2O4S/c1-2-15-8-11-7-12(13(14)20-11)21(17,18)16-9-10-5-3-4-6-19-10/h7,10,15-16H,2-6,8-9H2,1H3. The van der Waals surface area contributed by atoms with Crippen molar-refractivity contribution in [3.63, 3.8) is 0 Å². The summed E-state index contributed by atoms with van der Waals surface area (Å²) in [6.45, 7) is 4.26. The Hall–Kier alpha value is -0.410. The van der Waals surface area contributed by atoms with Gasteiger partial charge in [0, 0.05) is 19.2 Å². The molecule has 1 unspecified atom stereocenters. The summed E-state index contributed by atoms with van der Waals surface area (Å²) in [6.07, 6.45) is 2.97. The molecule has 120 valence electrons. The van der Waals surface area contributed by atoms with E-state index in [1.165, 1.54) is 6.07 Å². The number of hydrogen-bond acceptors (Lipinski definition) is 5. The van der Waals surface area contributed by atoms with E-state index in [-0.39, 0.29) is 15.7 Å². The first-order valence-corrected chi connectivity index (χ1v) is 9.40. The molecule has 1 saturated heterocycles. The van der Waals surface area contributed by atoms with Crippen molar-refractivity contribution in [3.05, 3.63) is 16.5 Å². The summed E-state index contributed by atoms with van der Waals surface area (Å²) >= 11 is 3.17. The van der Waals surface area contributed by atoms with E-state index in [1.54, 1.807) is 0 Å². The zero-order valence-electron chi connectivity index (χ0n) is 12.0. The van der Waals surface area contributed by atoms with Crippen molar-refractivity contribution in [2.45, 2.75) is 43.7 Å². The third-order valence-electron chi connectivity index (χ3n) is 3.32. The van der Waals surface area contributed by atoms with Crippen LogP contribution >= 0.6 is 15.9 Å². The molecule has 0 spiro atoms. The lowest BCUT2D eigenvalue weighted by molar-refractivity contribution is 0.0200. The summed E-state index contributed by atoms with van der Waals surface area (Å²) < 4.78 is 38.4. The Balaban J connectivity index is 1.99. The first kappa shape index (κ1) is 17.0. The van der Waals surface area contributed by atoms with E-state index in [9.17, 15) is 8.42 Å². The number of furan rings is 1. The molecule has 21 heavy (non-hydrogen) atoms. The molecule has 2 heterocycles. The summed E-state index contributed by atoms with van der Waals surface area (Å²) in [5, 5.41) is 3.09. The molecule has 2 rings (SSSR count). The van der Waals surface area contributed by atoms with Gasteiger partial charge >= 0.3 is 0 Å². The normalized spacial score (nSPS) is 19.8. The van der Waals surface area contributed by atoms with Gasteiger partial charge < -0.3 is 14.5 Å². The molecule has 2 N–H and O–H groups in total. The van der Waals surface area contributed by atoms with Crippen molar-refractivity contribution < 1.29 is 17.6 Å². The van der Waals surface area contributed by atoms with Crippen LogP contribution in [0.15, 0.2) is 20.0 Å². The molecule has 0 aliphatic carbocycles. The average molecular weight is 381 g/mol. The van der Waals surface area contributed by atoms with E-state index in [2.05, 4.69) is 26.0 Å². The molecule has 8 heteroatoms. The number of ether oxygens (including phenoxy) is 1. The Morgan fingerprint density at radius 3 is 2.90 bits per heavy atom. The monoisotopic (exact) mass is 380 g/mol. The predicted octanol–water partition coefficient (Wildman–Crippen LogP) is 2.00. The maximum absolute atomic E-state index is 12.3. The van der Waals surface area contributed by atoms with Crippen molar-refractivity contribution >= 4 is 26.0 Å². The zero-order chi connectivity index (χ0) is 15.3. The Morgan fingerprint density at radius 1 is 1.43 bits per heavy atom. The fraction of sp³-hybridized carbons (Fsp3) is 0.692. The van der Waals surface area contributed by atoms with Crippen molar-refractivity contribution in [2.24, 2.45) is 0 Å². The van der Waals surface area contributed by atoms with Gasteiger partial charge in [0.15, 0.2) is 4.67 Å². The van der Waals surface area contributed by atoms with E-state index >= 15 is 0 Å². The fourth-order valence-corrected chi connectivity index (χ4v) is 4.23. The number of halogens is 1. The second-order valence-corrected chi connectivity index (χ2v) is 7.43. The summed E-state index contributed by atoms with van der Waals surface area (Å²) in [4.78, 5) is 0.131. The predicted molar refractivity (Wildman–Crippen MR) is 82.6 cm³/mol. The molecule has 1 aromatic heterocycles. The molecule has 0 radical (unpaired) electrons. The number of rotatable bonds is 7. The van der Waals surface area contributed by atoms with Gasteiger partial charge in [-0.3, -0.25) is 0 Å². The molecule has 0 amide bonds. The number of hydrogen-bond donors (Lipinski definition) is 2. The van der Waals surface area contributed by atoms with Gasteiger partial charge in [-0.25, -0.2) is 13.1 Å². The van der Waals surface area contributed by atoms with Crippen LogP contribution in [-0.2, 0) is 21.3 Å². The van der Waals surface area contributed by atoms with Gasteiger partial charge in [-0.1, -0.05) is 6.92 Å². The largest absolute Gasteiger partial charge is 0.452 e. The van der Waals surface area contributed by atoms with Gasteiger partial charge in [-0.15, -0.1) is 0 Å². The maximum atomic E-state index is 12.3. The fourth-order valence-electron chi connectivity index (χ4n) is 2.17. The molecular formula is C13H21BrN2O4S. The highest BCUT2D eigenvalue weighted by Gasteiger charge is 2.24. The Morgan fingerprint density at radius 2 is 2.24 bits per heavy atom. The molecule has 1 aliphatic rings. The second-order valence-electron chi connectivity index (χ2n) is 4.97. The lowest BCUT2D eigenvalue weighted by atomic mass is 10.1. The number of nitrogens with one attached hydrogen (secondary N) is 2. The summed E-state index contributed by atoms with van der Waals surface area (Å²) in [7, 11) is -3.59. The highest BCUT2D eigenvalue weighted by molar-refractivity contribution is 9.10. The van der Waals surface area contributed by atoms with Gasteiger partial charge in [-0.05, 0) is 41.7 Å². The van der Waals surface area contributed by atoms with Crippen LogP contribution in [0.3, 0.4) is 0 Å². The topological polar surface area (TPSA) is 80.6 Å². The average Bonchev–Trinajstić information content (AvgIpc) is 2.86. The van der Waals surface area contributed by atoms with Gasteiger partial charge in [0.25, 0.3) is 0 Å². The first-order valence-electron chi connectivity index (χ1n) is 7.13. The van der Waals surface area contributed by atoms with Crippen molar-refractivity contribution in [2.75, 3.05) is 19.7 Å². The summed E-state index contributed by atoms with van der Waals surface area (Å²) in [6, 6.07) is 1.54. The molecule has 1 atom stereocenters. The highest BCUT2D eigenvalue weighted by Crippen LogP contribution is 2.26. The summed E-state index contributed by atoms with van der Waals surface area (Å²) in [5.74, 6) is 0.581. The van der Waals surface area contributed by atoms with Crippen LogP contribution in [0, 0.1) is 0 Å². The SMILES string of the molecule is CCNCc1cc(S(=O)(=O)NCC2CCCCO2)c(Br)o1. The Bertz CT molecular complexity index is 553. The highest BCUT2D eigenvalue weighted by atomic mass is 79.9.